The Morgan fingerprint density at radius 2 is 1.83 bits per heavy atom. The van der Waals surface area contributed by atoms with Crippen molar-refractivity contribution in [3.05, 3.63) is 95.9 Å². The number of amidine groups is 1. The summed E-state index contributed by atoms with van der Waals surface area (Å²) in [6, 6.07) is 17.6. The van der Waals surface area contributed by atoms with Crippen molar-refractivity contribution in [3.63, 3.8) is 0 Å². The van der Waals surface area contributed by atoms with E-state index in [1.807, 2.05) is 31.2 Å². The van der Waals surface area contributed by atoms with Crippen LogP contribution in [0.3, 0.4) is 0 Å². The number of likely N-dealkylation sites (N-methyl/N-ethyl adjacent to an activating group) is 1. The van der Waals surface area contributed by atoms with Crippen LogP contribution in [0.5, 0.6) is 5.75 Å². The monoisotopic (exact) mass is 652 g/mol. The van der Waals surface area contributed by atoms with Crippen molar-refractivity contribution < 1.29 is 19.4 Å². The molecule has 0 unspecified atom stereocenters. The minimum atomic E-state index is -1.04. The van der Waals surface area contributed by atoms with Crippen LogP contribution >= 0.6 is 57.6 Å². The number of amides is 1. The van der Waals surface area contributed by atoms with Crippen LogP contribution in [0.25, 0.3) is 6.08 Å². The van der Waals surface area contributed by atoms with Gasteiger partial charge in [0, 0.05) is 10.1 Å². The van der Waals surface area contributed by atoms with E-state index < -0.39 is 5.97 Å². The summed E-state index contributed by atoms with van der Waals surface area (Å²) < 4.78 is 6.99. The molecule has 184 valence electrons. The number of nitrogens with zero attached hydrogens (tertiary/aromatic N) is 2. The number of hydrogen-bond donors (Lipinski definition) is 1. The average Bonchev–Trinajstić information content (AvgIpc) is 3.13. The highest BCUT2D eigenvalue weighted by Gasteiger charge is 2.32. The zero-order valence-corrected chi connectivity index (χ0v) is 23.4. The molecular weight excluding hydrogens is 634 g/mol. The molecular formula is C26H19Cl2IN2O4S. The maximum absolute atomic E-state index is 13.0. The number of aromatic carboxylic acids is 1. The highest BCUT2D eigenvalue weighted by atomic mass is 127. The third-order valence-electron chi connectivity index (χ3n) is 5.14. The minimum absolute atomic E-state index is 0.124. The average molecular weight is 653 g/mol. The number of carboxylic acid groups (broad SMARTS) is 1. The maximum Gasteiger partial charge on any atom is 0.335 e. The van der Waals surface area contributed by atoms with E-state index in [1.54, 1.807) is 30.3 Å². The molecule has 36 heavy (non-hydrogen) atoms. The summed E-state index contributed by atoms with van der Waals surface area (Å²) in [6.45, 7) is 2.57. The Kier molecular flexibility index (Phi) is 8.61. The number of thioether (sulfide) groups is 1. The topological polar surface area (TPSA) is 79.2 Å². The Balaban J connectivity index is 1.56. The van der Waals surface area contributed by atoms with Gasteiger partial charge in [0.05, 0.1) is 26.2 Å². The number of halogens is 3. The lowest BCUT2D eigenvalue weighted by Crippen LogP contribution is -2.28. The second-order valence-corrected chi connectivity index (χ2v) is 10.7. The molecule has 0 spiro atoms. The van der Waals surface area contributed by atoms with E-state index in [0.717, 1.165) is 9.13 Å². The molecule has 0 saturated carbocycles. The van der Waals surface area contributed by atoms with E-state index in [0.29, 0.717) is 50.3 Å². The van der Waals surface area contributed by atoms with Crippen LogP contribution in [0.15, 0.2) is 70.6 Å². The molecule has 10 heteroatoms. The van der Waals surface area contributed by atoms with Gasteiger partial charge in [0.15, 0.2) is 10.9 Å². The first kappa shape index (κ1) is 26.5. The van der Waals surface area contributed by atoms with E-state index in [9.17, 15) is 14.7 Å². The van der Waals surface area contributed by atoms with Crippen LogP contribution in [0, 0.1) is 3.57 Å². The van der Waals surface area contributed by atoms with Gasteiger partial charge in [-0.3, -0.25) is 9.69 Å². The summed E-state index contributed by atoms with van der Waals surface area (Å²) in [6.07, 6.45) is 1.70. The normalized spacial score (nSPS) is 15.7. The Bertz CT molecular complexity index is 1370. The fraction of sp³-hybridized carbons (Fsp3) is 0.115. The van der Waals surface area contributed by atoms with Crippen molar-refractivity contribution >= 4 is 86.4 Å². The molecule has 3 aromatic rings. The van der Waals surface area contributed by atoms with Crippen LogP contribution < -0.4 is 4.74 Å². The molecule has 0 radical (unpaired) electrons. The summed E-state index contributed by atoms with van der Waals surface area (Å²) in [7, 11) is 0. The van der Waals surface area contributed by atoms with Gasteiger partial charge in [0.1, 0.15) is 6.61 Å². The van der Waals surface area contributed by atoms with Gasteiger partial charge < -0.3 is 9.84 Å². The zero-order valence-electron chi connectivity index (χ0n) is 18.9. The third-order valence-corrected chi connectivity index (χ3v) is 7.42. The molecule has 1 amide bonds. The molecule has 1 aliphatic rings. The quantitative estimate of drug-likeness (QED) is 0.211. The number of carboxylic acids is 1. The molecule has 3 aromatic carbocycles. The van der Waals surface area contributed by atoms with Crippen molar-refractivity contribution in [2.24, 2.45) is 4.99 Å². The van der Waals surface area contributed by atoms with Gasteiger partial charge in [-0.1, -0.05) is 41.4 Å². The van der Waals surface area contributed by atoms with Crippen LogP contribution in [0.1, 0.15) is 28.4 Å². The molecule has 1 N–H and O–H groups in total. The number of carbonyl (C=O) groups is 2. The molecule has 0 atom stereocenters. The third kappa shape index (κ3) is 6.23. The molecule has 0 aliphatic carbocycles. The molecule has 4 rings (SSSR count). The van der Waals surface area contributed by atoms with E-state index in [4.69, 9.17) is 27.9 Å². The van der Waals surface area contributed by atoms with Crippen LogP contribution in [0.2, 0.25) is 10.0 Å². The molecule has 0 bridgehead atoms. The Morgan fingerprint density at radius 3 is 2.47 bits per heavy atom. The van der Waals surface area contributed by atoms with Gasteiger partial charge in [-0.25, -0.2) is 9.79 Å². The highest BCUT2D eigenvalue weighted by molar-refractivity contribution is 14.1. The lowest BCUT2D eigenvalue weighted by molar-refractivity contribution is -0.122. The standard InChI is InChI=1S/C26H19Cl2IN2O4S/c1-2-31-24(32)22(36-26(31)30-19-5-3-4-17(13-19)25(33)34)12-16-10-20(27)23(21(28)11-16)35-14-15-6-8-18(29)9-7-15/h3-13H,2,14H2,1H3,(H,33,34)/b22-12-,30-26?. The summed E-state index contributed by atoms with van der Waals surface area (Å²) in [5.74, 6) is -0.873. The highest BCUT2D eigenvalue weighted by Crippen LogP contribution is 2.38. The van der Waals surface area contributed by atoms with Gasteiger partial charge in [0.2, 0.25) is 0 Å². The van der Waals surface area contributed by atoms with E-state index in [2.05, 4.69) is 27.6 Å². The smallest absolute Gasteiger partial charge is 0.335 e. The number of carbonyl (C=O) groups excluding carboxylic acids is 1. The molecule has 1 fully saturated rings. The molecule has 1 aliphatic heterocycles. The van der Waals surface area contributed by atoms with Crippen LogP contribution in [-0.2, 0) is 11.4 Å². The number of ether oxygens (including phenoxy) is 1. The van der Waals surface area contributed by atoms with E-state index in [1.165, 1.54) is 28.8 Å². The summed E-state index contributed by atoms with van der Waals surface area (Å²) in [5, 5.41) is 10.4. The second kappa shape index (κ2) is 11.7. The number of hydrogen-bond acceptors (Lipinski definition) is 5. The van der Waals surface area contributed by atoms with E-state index >= 15 is 0 Å². The zero-order chi connectivity index (χ0) is 25.8. The van der Waals surface area contributed by atoms with Crippen LogP contribution in [0.4, 0.5) is 5.69 Å². The summed E-state index contributed by atoms with van der Waals surface area (Å²) in [4.78, 5) is 30.8. The van der Waals surface area contributed by atoms with Crippen molar-refractivity contribution in [2.45, 2.75) is 13.5 Å². The molecule has 0 aromatic heterocycles. The number of aliphatic imine (C=N–C) groups is 1. The first-order valence-electron chi connectivity index (χ1n) is 10.7. The van der Waals surface area contributed by atoms with Gasteiger partial charge in [-0.2, -0.15) is 0 Å². The lowest BCUT2D eigenvalue weighted by atomic mass is 10.2. The van der Waals surface area contributed by atoms with Crippen LogP contribution in [-0.4, -0.2) is 33.6 Å². The van der Waals surface area contributed by atoms with Gasteiger partial charge in [0.25, 0.3) is 5.91 Å². The predicted molar refractivity (Wildman–Crippen MR) is 153 cm³/mol. The van der Waals surface area contributed by atoms with Crippen molar-refractivity contribution in [2.75, 3.05) is 6.54 Å². The minimum Gasteiger partial charge on any atom is -0.486 e. The molecule has 1 heterocycles. The van der Waals surface area contributed by atoms with Gasteiger partial charge in [-0.05, 0) is 101 Å². The summed E-state index contributed by atoms with van der Waals surface area (Å²) >= 11 is 16.4. The fourth-order valence-electron chi connectivity index (χ4n) is 3.38. The Hall–Kier alpha value is -2.53. The number of rotatable bonds is 7. The number of benzene rings is 3. The largest absolute Gasteiger partial charge is 0.486 e. The molecule has 6 nitrogen and oxygen atoms in total. The first-order valence-corrected chi connectivity index (χ1v) is 13.4. The first-order chi connectivity index (χ1) is 17.2. The Labute approximate surface area is 236 Å². The SMILES string of the molecule is CCN1C(=O)/C(=C/c2cc(Cl)c(OCc3ccc(I)cc3)c(Cl)c2)SC1=Nc1cccc(C(=O)O)c1. The molecule has 1 saturated heterocycles. The van der Waals surface area contributed by atoms with Gasteiger partial charge >= 0.3 is 5.97 Å². The Morgan fingerprint density at radius 1 is 1.14 bits per heavy atom. The van der Waals surface area contributed by atoms with Crippen molar-refractivity contribution in [3.8, 4) is 5.75 Å². The predicted octanol–water partition coefficient (Wildman–Crippen LogP) is 7.50. The maximum atomic E-state index is 13.0. The second-order valence-electron chi connectivity index (χ2n) is 7.64. The summed E-state index contributed by atoms with van der Waals surface area (Å²) in [5.41, 5.74) is 2.21. The van der Waals surface area contributed by atoms with Gasteiger partial charge in [-0.15, -0.1) is 0 Å². The lowest BCUT2D eigenvalue weighted by Gasteiger charge is -2.12. The fourth-order valence-corrected chi connectivity index (χ4v) is 5.41. The van der Waals surface area contributed by atoms with Crippen molar-refractivity contribution in [1.82, 2.24) is 4.90 Å². The van der Waals surface area contributed by atoms with E-state index in [-0.39, 0.29) is 11.5 Å². The van der Waals surface area contributed by atoms with Crippen molar-refractivity contribution in [1.29, 1.82) is 0 Å².